The van der Waals surface area contributed by atoms with Crippen LogP contribution in [0.3, 0.4) is 0 Å². The molecule has 0 atom stereocenters. The molecule has 0 radical (unpaired) electrons. The van der Waals surface area contributed by atoms with E-state index >= 15 is 0 Å². The first-order valence-corrected chi connectivity index (χ1v) is 12.8. The molecule has 0 heterocycles. The van der Waals surface area contributed by atoms with Crippen molar-refractivity contribution in [2.24, 2.45) is 0 Å². The zero-order chi connectivity index (χ0) is 25.6. The molecule has 186 valence electrons. The van der Waals surface area contributed by atoms with Gasteiger partial charge in [0.25, 0.3) is 0 Å². The quantitative estimate of drug-likeness (QED) is 0.203. The fourth-order valence-electron chi connectivity index (χ4n) is 4.98. The van der Waals surface area contributed by atoms with Crippen molar-refractivity contribution in [1.29, 1.82) is 0 Å². The Labute approximate surface area is 217 Å². The lowest BCUT2D eigenvalue weighted by atomic mass is 9.84. The first-order valence-electron chi connectivity index (χ1n) is 12.8. The summed E-state index contributed by atoms with van der Waals surface area (Å²) in [6, 6.07) is 30.9. The monoisotopic (exact) mass is 490 g/mol. The number of ether oxygens (including phenoxy) is 2. The fourth-order valence-corrected chi connectivity index (χ4v) is 4.98. The molecular weight excluding hydrogens is 460 g/mol. The molecule has 0 spiro atoms. The Kier molecular flexibility index (Phi) is 7.46. The highest BCUT2D eigenvalue weighted by molar-refractivity contribution is 5.92. The van der Waals surface area contributed by atoms with Crippen molar-refractivity contribution in [3.8, 4) is 28.0 Å². The van der Waals surface area contributed by atoms with Gasteiger partial charge in [0, 0.05) is 0 Å². The second-order valence-corrected chi connectivity index (χ2v) is 9.52. The Bertz CT molecular complexity index is 1350. The first kappa shape index (κ1) is 24.5. The Morgan fingerprint density at radius 3 is 1.49 bits per heavy atom. The molecule has 0 bridgehead atoms. The summed E-state index contributed by atoms with van der Waals surface area (Å²) in [5.74, 6) is 0.409. The van der Waals surface area contributed by atoms with Crippen molar-refractivity contribution in [2.75, 3.05) is 7.11 Å². The molecule has 4 aromatic rings. The molecule has 0 unspecified atom stereocenters. The van der Waals surface area contributed by atoms with E-state index in [1.807, 2.05) is 48.5 Å². The van der Waals surface area contributed by atoms with Crippen LogP contribution in [-0.2, 0) is 4.74 Å². The zero-order valence-electron chi connectivity index (χ0n) is 21.0. The normalized spacial score (nSPS) is 13.6. The lowest BCUT2D eigenvalue weighted by Crippen LogP contribution is -2.08. The molecule has 0 amide bonds. The largest absolute Gasteiger partial charge is 0.465 e. The third-order valence-corrected chi connectivity index (χ3v) is 7.15. The molecule has 1 aliphatic carbocycles. The van der Waals surface area contributed by atoms with Gasteiger partial charge < -0.3 is 9.47 Å². The van der Waals surface area contributed by atoms with Crippen LogP contribution in [0.25, 0.3) is 22.3 Å². The van der Waals surface area contributed by atoms with Crippen LogP contribution in [0.4, 0.5) is 0 Å². The molecule has 0 saturated heterocycles. The van der Waals surface area contributed by atoms with Crippen LogP contribution in [0.1, 0.15) is 64.3 Å². The highest BCUT2D eigenvalue weighted by Crippen LogP contribution is 2.33. The molecular formula is C33H30O4. The Morgan fingerprint density at radius 1 is 0.568 bits per heavy atom. The van der Waals surface area contributed by atoms with Crippen molar-refractivity contribution in [2.45, 2.75) is 38.0 Å². The number of carbonyl (C=O) groups is 2. The van der Waals surface area contributed by atoms with Gasteiger partial charge in [0.05, 0.1) is 18.2 Å². The predicted molar refractivity (Wildman–Crippen MR) is 146 cm³/mol. The van der Waals surface area contributed by atoms with Gasteiger partial charge in [-0.15, -0.1) is 0 Å². The molecule has 1 saturated carbocycles. The van der Waals surface area contributed by atoms with Gasteiger partial charge >= 0.3 is 11.9 Å². The number of carbonyl (C=O) groups excluding carboxylic acids is 2. The van der Waals surface area contributed by atoms with Gasteiger partial charge in [0.2, 0.25) is 0 Å². The topological polar surface area (TPSA) is 52.6 Å². The Balaban J connectivity index is 1.21. The van der Waals surface area contributed by atoms with Gasteiger partial charge in [0.15, 0.2) is 0 Å². The summed E-state index contributed by atoms with van der Waals surface area (Å²) in [5, 5.41) is 0. The maximum atomic E-state index is 12.7. The minimum Gasteiger partial charge on any atom is -0.465 e. The van der Waals surface area contributed by atoms with E-state index in [1.165, 1.54) is 44.8 Å². The van der Waals surface area contributed by atoms with Gasteiger partial charge in [-0.1, -0.05) is 79.9 Å². The molecule has 5 rings (SSSR count). The maximum Gasteiger partial charge on any atom is 0.343 e. The summed E-state index contributed by atoms with van der Waals surface area (Å²) in [6.07, 6.45) is 6.62. The molecule has 4 heteroatoms. The van der Waals surface area contributed by atoms with Crippen LogP contribution in [-0.4, -0.2) is 19.0 Å². The van der Waals surface area contributed by atoms with Crippen molar-refractivity contribution in [3.63, 3.8) is 0 Å². The molecule has 1 aliphatic rings. The van der Waals surface area contributed by atoms with E-state index in [1.54, 1.807) is 24.3 Å². The van der Waals surface area contributed by atoms with Gasteiger partial charge in [-0.25, -0.2) is 9.59 Å². The molecule has 4 nitrogen and oxygen atoms in total. The number of hydrogen-bond acceptors (Lipinski definition) is 4. The van der Waals surface area contributed by atoms with Crippen molar-refractivity contribution in [1.82, 2.24) is 0 Å². The fraction of sp³-hybridized carbons (Fsp3) is 0.212. The second kappa shape index (κ2) is 11.3. The van der Waals surface area contributed by atoms with E-state index in [2.05, 4.69) is 24.3 Å². The molecule has 0 N–H and O–H groups in total. The zero-order valence-corrected chi connectivity index (χ0v) is 21.0. The summed E-state index contributed by atoms with van der Waals surface area (Å²) in [6.45, 7) is 0. The van der Waals surface area contributed by atoms with Crippen LogP contribution in [0.2, 0.25) is 0 Å². The van der Waals surface area contributed by atoms with Gasteiger partial charge in [-0.3, -0.25) is 0 Å². The van der Waals surface area contributed by atoms with Crippen LogP contribution in [0, 0.1) is 0 Å². The van der Waals surface area contributed by atoms with Crippen LogP contribution < -0.4 is 4.74 Å². The van der Waals surface area contributed by atoms with Crippen LogP contribution in [0.5, 0.6) is 5.75 Å². The van der Waals surface area contributed by atoms with Gasteiger partial charge in [0.1, 0.15) is 5.75 Å². The first-order chi connectivity index (χ1) is 18.1. The van der Waals surface area contributed by atoms with Crippen LogP contribution in [0.15, 0.2) is 97.1 Å². The van der Waals surface area contributed by atoms with E-state index in [9.17, 15) is 9.59 Å². The average Bonchev–Trinajstić information content (AvgIpc) is 2.98. The van der Waals surface area contributed by atoms with E-state index in [4.69, 9.17) is 9.47 Å². The molecule has 0 aromatic heterocycles. The minimum atomic E-state index is -0.394. The van der Waals surface area contributed by atoms with Crippen molar-refractivity contribution >= 4 is 11.9 Å². The van der Waals surface area contributed by atoms with Crippen molar-refractivity contribution < 1.29 is 19.1 Å². The third kappa shape index (κ3) is 5.80. The molecule has 4 aromatic carbocycles. The summed E-state index contributed by atoms with van der Waals surface area (Å²) >= 11 is 0. The highest BCUT2D eigenvalue weighted by Gasteiger charge is 2.15. The SMILES string of the molecule is COC(=O)c1ccc(-c2ccc(OC(=O)c3ccc(-c4ccc(C5CCCCC5)cc4)cc3)cc2)cc1. The minimum absolute atomic E-state index is 0.366. The molecule has 1 fully saturated rings. The Hall–Kier alpha value is -4.18. The third-order valence-electron chi connectivity index (χ3n) is 7.15. The second-order valence-electron chi connectivity index (χ2n) is 9.52. The highest BCUT2D eigenvalue weighted by atomic mass is 16.5. The number of benzene rings is 4. The number of methoxy groups -OCH3 is 1. The standard InChI is InChI=1S/C33H30O4/c1-36-32(34)29-15-11-27(12-16-29)28-19-21-31(22-20-28)37-33(35)30-17-13-26(14-18-30)25-9-7-24(8-10-25)23-5-3-2-4-6-23/h7-23H,2-6H2,1H3. The van der Waals surface area contributed by atoms with E-state index in [0.717, 1.165) is 22.3 Å². The molecule has 0 aliphatic heterocycles. The van der Waals surface area contributed by atoms with E-state index in [-0.39, 0.29) is 5.97 Å². The van der Waals surface area contributed by atoms with E-state index in [0.29, 0.717) is 22.8 Å². The molecule has 37 heavy (non-hydrogen) atoms. The van der Waals surface area contributed by atoms with Gasteiger partial charge in [-0.2, -0.15) is 0 Å². The summed E-state index contributed by atoms with van der Waals surface area (Å²) in [7, 11) is 1.36. The number of rotatable bonds is 6. The Morgan fingerprint density at radius 2 is 1.00 bits per heavy atom. The number of esters is 2. The van der Waals surface area contributed by atoms with Gasteiger partial charge in [-0.05, 0) is 83.0 Å². The smallest absolute Gasteiger partial charge is 0.343 e. The summed E-state index contributed by atoms with van der Waals surface area (Å²) < 4.78 is 10.3. The van der Waals surface area contributed by atoms with E-state index < -0.39 is 5.97 Å². The number of hydrogen-bond donors (Lipinski definition) is 0. The lowest BCUT2D eigenvalue weighted by Gasteiger charge is -2.22. The van der Waals surface area contributed by atoms with Crippen molar-refractivity contribution in [3.05, 3.63) is 114 Å². The summed E-state index contributed by atoms with van der Waals surface area (Å²) in [5.41, 5.74) is 6.57. The van der Waals surface area contributed by atoms with Crippen LogP contribution >= 0.6 is 0 Å². The lowest BCUT2D eigenvalue weighted by molar-refractivity contribution is 0.0600. The maximum absolute atomic E-state index is 12.7. The average molecular weight is 491 g/mol. The summed E-state index contributed by atoms with van der Waals surface area (Å²) in [4.78, 5) is 24.3. The predicted octanol–water partition coefficient (Wildman–Crippen LogP) is 8.07.